The third-order valence-electron chi connectivity index (χ3n) is 9.97. The summed E-state index contributed by atoms with van der Waals surface area (Å²) in [7, 11) is -4.61. The van der Waals surface area contributed by atoms with E-state index in [1.165, 1.54) is 6.07 Å². The number of aromatic nitrogens is 8. The average Bonchev–Trinajstić information content (AvgIpc) is 4.00. The Morgan fingerprint density at radius 3 is 1.49 bits per heavy atom. The van der Waals surface area contributed by atoms with Gasteiger partial charge in [0.05, 0.1) is 22.3 Å². The summed E-state index contributed by atoms with van der Waals surface area (Å²) in [6.07, 6.45) is 0. The van der Waals surface area contributed by atoms with Crippen LogP contribution in [0.2, 0.25) is 0 Å². The molecule has 306 valence electrons. The number of rotatable bonds is 4. The van der Waals surface area contributed by atoms with Gasteiger partial charge in [0.1, 0.15) is 4.90 Å². The molecule has 6 aromatic carbocycles. The Morgan fingerprint density at radius 1 is 0.571 bits per heavy atom. The summed E-state index contributed by atoms with van der Waals surface area (Å²) in [5, 5.41) is 15.2. The van der Waals surface area contributed by atoms with Gasteiger partial charge in [-0.05, 0) is 57.8 Å². The number of nitro benzene ring substituents is 1. The molecule has 4 N–H and O–H groups in total. The predicted molar refractivity (Wildman–Crippen MR) is 235 cm³/mol. The molecular weight excluding hydrogens is 881 g/mol. The second-order valence-corrected chi connectivity index (χ2v) is 15.2. The first-order valence-corrected chi connectivity index (χ1v) is 20.0. The van der Waals surface area contributed by atoms with Crippen LogP contribution in [0.1, 0.15) is 0 Å². The van der Waals surface area contributed by atoms with Crippen LogP contribution in [0, 0.1) is 10.1 Å². The first-order valence-electron chi connectivity index (χ1n) is 18.5. The van der Waals surface area contributed by atoms with Crippen molar-refractivity contribution in [1.29, 1.82) is 0 Å². The minimum absolute atomic E-state index is 0. The Bertz CT molecular complexity index is 3300. The number of nitrogens with zero attached hydrogens (tertiary/aromatic N) is 9. The fraction of sp³-hybridized carbons (Fsp3) is 0. The van der Waals surface area contributed by atoms with Crippen LogP contribution < -0.4 is 21.0 Å². The van der Waals surface area contributed by atoms with Crippen molar-refractivity contribution < 1.29 is 35.0 Å². The number of non-ortho nitro benzene ring substituents is 1. The average molecular weight is 908 g/mol. The topological polar surface area (TPSA) is 241 Å². The molecule has 0 amide bonds. The second kappa shape index (κ2) is 17.1. The molecule has 0 aliphatic carbocycles. The van der Waals surface area contributed by atoms with E-state index in [1.807, 2.05) is 97.1 Å². The molecule has 0 saturated carbocycles. The number of hydrogen-bond donors (Lipinski definition) is 3. The fourth-order valence-corrected chi connectivity index (χ4v) is 7.79. The Kier molecular flexibility index (Phi) is 11.6. The maximum atomic E-state index is 11.3. The molecule has 11 rings (SSSR count). The van der Waals surface area contributed by atoms with Crippen molar-refractivity contribution in [3.63, 3.8) is 0 Å². The number of nitrogens with two attached hydrogens (primary N) is 1. The van der Waals surface area contributed by atoms with Crippen LogP contribution in [0.25, 0.3) is 90.4 Å². The van der Waals surface area contributed by atoms with Gasteiger partial charge < -0.3 is 41.0 Å². The quantitative estimate of drug-likeness (QED) is 0.0501. The molecule has 63 heavy (non-hydrogen) atoms. The monoisotopic (exact) mass is 907 g/mol. The first kappa shape index (κ1) is 42.8. The molecule has 19 heteroatoms. The predicted octanol–water partition coefficient (Wildman–Crippen LogP) is 7.81. The van der Waals surface area contributed by atoms with Crippen LogP contribution >= 0.6 is 0 Å². The minimum Gasteiger partial charge on any atom is -0.399 e. The van der Waals surface area contributed by atoms with E-state index in [2.05, 4.69) is 5.32 Å². The fourth-order valence-electron chi connectivity index (χ4n) is 7.12. The zero-order chi connectivity index (χ0) is 41.8. The van der Waals surface area contributed by atoms with Gasteiger partial charge in [-0.3, -0.25) is 14.7 Å². The number of anilines is 3. The largest absolute Gasteiger partial charge is 2.00 e. The van der Waals surface area contributed by atoms with Crippen molar-refractivity contribution >= 4 is 84.5 Å². The number of nitrogens with one attached hydrogen (secondary N) is 1. The number of nitrogen functional groups attached to an aromatic ring is 1. The van der Waals surface area contributed by atoms with Crippen molar-refractivity contribution in [2.45, 2.75) is 4.90 Å². The van der Waals surface area contributed by atoms with Crippen molar-refractivity contribution in [1.82, 2.24) is 39.9 Å². The van der Waals surface area contributed by atoms with Crippen LogP contribution in [0.3, 0.4) is 0 Å². The van der Waals surface area contributed by atoms with Crippen LogP contribution in [0.4, 0.5) is 22.7 Å². The molecule has 16 nitrogen and oxygen atoms in total. The van der Waals surface area contributed by atoms with Gasteiger partial charge in [-0.15, -0.1) is 0 Å². The van der Waals surface area contributed by atoms with Gasteiger partial charge >= 0.3 is 17.1 Å². The molecule has 3 aliphatic rings. The van der Waals surface area contributed by atoms with Crippen LogP contribution in [-0.4, -0.2) is 77.4 Å². The smallest absolute Gasteiger partial charge is 0.399 e. The number of hydrogen-bond acceptors (Lipinski definition) is 12. The standard InChI is InChI=1S/C32H16N8.C12H11N3O5S.Cu.Na/c1-2-10-18-17(9-1)25-33-26(18)38-28-21-13-5-6-14-22(21)30(35-28)40-32-24-16-8-7-15-23(24)31(36-32)39-29-20-12-4-3-11-19(20)27(34-29)37-25;13-8-1-3-9(4-2-8)14-11-6-5-10(15(16)17)7-12(11)21(18,19)20;;/h1-16H;1-7,14H,13H2,(H,18,19,20);;/q-2;;+2;. The second-order valence-electron chi connectivity index (χ2n) is 13.8. The van der Waals surface area contributed by atoms with Gasteiger partial charge in [0.2, 0.25) is 0 Å². The number of benzene rings is 6. The third kappa shape index (κ3) is 8.15. The molecule has 0 fully saturated rings. The van der Waals surface area contributed by atoms with Gasteiger partial charge in [0, 0.05) is 98.5 Å². The SMILES string of the molecule is Nc1ccc(Nc2ccc([N+](=O)[O-])cc2S(=O)(=O)O)cc1.[Cu+2].[Na].c1ccc2c(c1)-c1nc-2nc2[n-]c(nc3nc([n-]c4nc(n1)-c1ccccc1-4)-c1ccccc1-3)c1ccccc21. The normalized spacial score (nSPS) is 11.3. The van der Waals surface area contributed by atoms with E-state index in [-0.39, 0.29) is 52.3 Å². The van der Waals surface area contributed by atoms with E-state index in [1.54, 1.807) is 24.3 Å². The summed E-state index contributed by atoms with van der Waals surface area (Å²) in [6.45, 7) is 0. The molecule has 2 radical (unpaired) electrons. The Labute approximate surface area is 390 Å². The zero-order valence-corrected chi connectivity index (χ0v) is 36.4. The zero-order valence-electron chi connectivity index (χ0n) is 32.7. The molecule has 3 aliphatic heterocycles. The summed E-state index contributed by atoms with van der Waals surface area (Å²) < 4.78 is 31.9. The van der Waals surface area contributed by atoms with E-state index in [0.29, 0.717) is 57.6 Å². The summed E-state index contributed by atoms with van der Waals surface area (Å²) >= 11 is 0. The van der Waals surface area contributed by atoms with Gasteiger partial charge in [-0.2, -0.15) is 8.42 Å². The van der Waals surface area contributed by atoms with Crippen molar-refractivity contribution in [2.24, 2.45) is 0 Å². The molecule has 2 aromatic heterocycles. The maximum Gasteiger partial charge on any atom is 2.00 e. The van der Waals surface area contributed by atoms with Gasteiger partial charge in [0.15, 0.2) is 5.82 Å². The van der Waals surface area contributed by atoms with Crippen LogP contribution in [-0.2, 0) is 27.2 Å². The summed E-state index contributed by atoms with van der Waals surface area (Å²) in [4.78, 5) is 48.6. The number of fused-ring (bicyclic) bond motifs is 20. The molecule has 0 spiro atoms. The van der Waals surface area contributed by atoms with E-state index in [0.717, 1.165) is 56.3 Å². The van der Waals surface area contributed by atoms with Crippen molar-refractivity contribution in [3.8, 4) is 68.3 Å². The van der Waals surface area contributed by atoms with Gasteiger partial charge in [-0.1, -0.05) is 97.1 Å². The summed E-state index contributed by atoms with van der Waals surface area (Å²) in [6, 6.07) is 41.4. The van der Waals surface area contributed by atoms with E-state index in [4.69, 9.17) is 45.6 Å². The Balaban J connectivity index is 0.000000203. The molecule has 5 heterocycles. The van der Waals surface area contributed by atoms with E-state index in [9.17, 15) is 23.1 Å². The van der Waals surface area contributed by atoms with Gasteiger partial charge in [0.25, 0.3) is 15.8 Å². The van der Waals surface area contributed by atoms with Crippen molar-refractivity contribution in [2.75, 3.05) is 11.1 Å². The maximum absolute atomic E-state index is 11.3. The van der Waals surface area contributed by atoms with E-state index < -0.39 is 25.6 Å². The van der Waals surface area contributed by atoms with E-state index >= 15 is 0 Å². The molecule has 0 atom stereocenters. The van der Waals surface area contributed by atoms with Crippen LogP contribution in [0.5, 0.6) is 0 Å². The molecule has 0 unspecified atom stereocenters. The van der Waals surface area contributed by atoms with Gasteiger partial charge in [-0.25, -0.2) is 9.97 Å². The third-order valence-corrected chi connectivity index (χ3v) is 10.9. The number of nitro groups is 1. The molecular formula is C44H27CuN11NaO5S. The Hall–Kier alpha value is -6.89. The van der Waals surface area contributed by atoms with Crippen molar-refractivity contribution in [3.05, 3.63) is 150 Å². The summed E-state index contributed by atoms with van der Waals surface area (Å²) in [5.74, 6) is 3.31. The molecule has 8 bridgehead atoms. The molecule has 8 aromatic rings. The summed E-state index contributed by atoms with van der Waals surface area (Å²) in [5.41, 5.74) is 12.6. The Morgan fingerprint density at radius 2 is 1.00 bits per heavy atom. The molecule has 0 saturated heterocycles. The minimum atomic E-state index is -4.61. The first-order chi connectivity index (χ1) is 29.6. The van der Waals surface area contributed by atoms with Crippen LogP contribution in [0.15, 0.2) is 144 Å².